The van der Waals surface area contributed by atoms with Gasteiger partial charge < -0.3 is 4.42 Å². The van der Waals surface area contributed by atoms with Crippen molar-refractivity contribution in [3.05, 3.63) is 198 Å². The molecule has 0 N–H and O–H groups in total. The van der Waals surface area contributed by atoms with Gasteiger partial charge in [0.25, 0.3) is 0 Å². The number of nitrogens with zero attached hydrogens (tertiary/aromatic N) is 1. The quantitative estimate of drug-likeness (QED) is 0.173. The summed E-state index contributed by atoms with van der Waals surface area (Å²) in [6, 6.07) is 64.1. The van der Waals surface area contributed by atoms with Gasteiger partial charge in [-0.15, -0.1) is 0 Å². The highest BCUT2D eigenvalue weighted by molar-refractivity contribution is 6.14. The van der Waals surface area contributed by atoms with Crippen LogP contribution in [0.2, 0.25) is 0 Å². The Balaban J connectivity index is 1.17. The molecular weight excluding hydrogens is 631 g/mol. The first-order chi connectivity index (χ1) is 25.8. The SMILES string of the molecule is c1cc(-c2nc3ccccc3c3cc4c(cc23)C2(c3ccccc3-c3ccccc32)c2ccccc2-4)cc(-c2cccc3c2oc2ccccc23)c1. The van der Waals surface area contributed by atoms with E-state index in [1.807, 2.05) is 12.1 Å². The average Bonchev–Trinajstić information content (AvgIpc) is 3.84. The maximum absolute atomic E-state index is 6.49. The lowest BCUT2D eigenvalue weighted by Gasteiger charge is -2.30. The number of rotatable bonds is 2. The summed E-state index contributed by atoms with van der Waals surface area (Å²) >= 11 is 0. The van der Waals surface area contributed by atoms with Gasteiger partial charge in [-0.05, 0) is 85.8 Å². The molecule has 0 fully saturated rings. The zero-order valence-electron chi connectivity index (χ0n) is 28.1. The first-order valence-electron chi connectivity index (χ1n) is 18.0. The zero-order chi connectivity index (χ0) is 34.0. The van der Waals surface area contributed by atoms with Crippen LogP contribution in [0.5, 0.6) is 0 Å². The van der Waals surface area contributed by atoms with Crippen molar-refractivity contribution in [1.29, 1.82) is 0 Å². The van der Waals surface area contributed by atoms with Gasteiger partial charge in [0.2, 0.25) is 0 Å². The molecule has 0 aliphatic heterocycles. The summed E-state index contributed by atoms with van der Waals surface area (Å²) in [6.07, 6.45) is 0. The molecule has 2 heteroatoms. The molecule has 0 saturated heterocycles. The van der Waals surface area contributed by atoms with E-state index in [0.717, 1.165) is 60.6 Å². The highest BCUT2D eigenvalue weighted by Crippen LogP contribution is 2.63. The number of hydrogen-bond donors (Lipinski definition) is 0. The Morgan fingerprint density at radius 3 is 1.71 bits per heavy atom. The molecule has 8 aromatic carbocycles. The third kappa shape index (κ3) is 3.51. The molecule has 2 aliphatic carbocycles. The van der Waals surface area contributed by atoms with Crippen molar-refractivity contribution < 1.29 is 4.42 Å². The van der Waals surface area contributed by atoms with E-state index >= 15 is 0 Å². The Kier molecular flexibility index (Phi) is 5.46. The van der Waals surface area contributed by atoms with E-state index in [9.17, 15) is 0 Å². The molecule has 0 bridgehead atoms. The number of furan rings is 1. The van der Waals surface area contributed by atoms with Crippen LogP contribution in [0.3, 0.4) is 0 Å². The van der Waals surface area contributed by atoms with Crippen LogP contribution in [0, 0.1) is 0 Å². The number of para-hydroxylation sites is 3. The maximum Gasteiger partial charge on any atom is 0.143 e. The first kappa shape index (κ1) is 28.0. The van der Waals surface area contributed by atoms with Crippen molar-refractivity contribution >= 4 is 43.6 Å². The van der Waals surface area contributed by atoms with Crippen LogP contribution >= 0.6 is 0 Å². The largest absolute Gasteiger partial charge is 0.455 e. The smallest absolute Gasteiger partial charge is 0.143 e. The molecule has 1 spiro atoms. The minimum absolute atomic E-state index is 0.422. The van der Waals surface area contributed by atoms with Gasteiger partial charge in [-0.2, -0.15) is 0 Å². The molecule has 240 valence electrons. The molecule has 12 rings (SSSR count). The zero-order valence-corrected chi connectivity index (χ0v) is 28.1. The van der Waals surface area contributed by atoms with Gasteiger partial charge in [0.05, 0.1) is 16.6 Å². The molecule has 2 aromatic heterocycles. The van der Waals surface area contributed by atoms with Gasteiger partial charge >= 0.3 is 0 Å². The molecule has 2 aliphatic rings. The lowest BCUT2D eigenvalue weighted by molar-refractivity contribution is 0.670. The molecule has 0 atom stereocenters. The standard InChI is InChI=1S/C50H29NO/c1-6-22-42-33(15-1)34-16-2-7-23-43(34)50(42)44-24-8-3-17-35(44)40-28-39-36-18-4-9-25-46(36)51-48(41(39)29-45(40)50)31-14-11-13-30(27-31)32-20-12-21-38-37-19-5-10-26-47(37)52-49(32)38/h1-29H. The predicted octanol–water partition coefficient (Wildman–Crippen LogP) is 13.0. The summed E-state index contributed by atoms with van der Waals surface area (Å²) in [5.74, 6) is 0. The van der Waals surface area contributed by atoms with Crippen molar-refractivity contribution in [2.75, 3.05) is 0 Å². The van der Waals surface area contributed by atoms with Crippen molar-refractivity contribution in [2.45, 2.75) is 5.41 Å². The highest BCUT2D eigenvalue weighted by Gasteiger charge is 2.51. The van der Waals surface area contributed by atoms with Crippen LogP contribution in [-0.4, -0.2) is 4.98 Å². The van der Waals surface area contributed by atoms with Gasteiger partial charge in [0.1, 0.15) is 11.2 Å². The van der Waals surface area contributed by atoms with Gasteiger partial charge in [-0.3, -0.25) is 0 Å². The van der Waals surface area contributed by atoms with E-state index < -0.39 is 5.41 Å². The molecule has 2 heterocycles. The lowest BCUT2D eigenvalue weighted by atomic mass is 9.70. The Labute approximate surface area is 300 Å². The van der Waals surface area contributed by atoms with E-state index in [4.69, 9.17) is 9.40 Å². The number of hydrogen-bond acceptors (Lipinski definition) is 2. The minimum Gasteiger partial charge on any atom is -0.455 e. The number of fused-ring (bicyclic) bond motifs is 16. The molecule has 0 saturated carbocycles. The molecule has 2 nitrogen and oxygen atoms in total. The fraction of sp³-hybridized carbons (Fsp3) is 0.0200. The van der Waals surface area contributed by atoms with Gasteiger partial charge in [-0.1, -0.05) is 146 Å². The van der Waals surface area contributed by atoms with E-state index in [1.165, 1.54) is 49.9 Å². The highest BCUT2D eigenvalue weighted by atomic mass is 16.3. The van der Waals surface area contributed by atoms with Crippen LogP contribution in [-0.2, 0) is 5.41 Å². The maximum atomic E-state index is 6.49. The third-order valence-corrected chi connectivity index (χ3v) is 11.7. The minimum atomic E-state index is -0.422. The topological polar surface area (TPSA) is 26.0 Å². The number of benzene rings is 8. The molecule has 0 unspecified atom stereocenters. The van der Waals surface area contributed by atoms with Crippen LogP contribution < -0.4 is 0 Å². The monoisotopic (exact) mass is 659 g/mol. The first-order valence-corrected chi connectivity index (χ1v) is 18.0. The summed E-state index contributed by atoms with van der Waals surface area (Å²) in [5, 5.41) is 5.81. The molecule has 0 radical (unpaired) electrons. The van der Waals surface area contributed by atoms with Crippen LogP contribution in [0.4, 0.5) is 0 Å². The fourth-order valence-corrected chi connectivity index (χ4v) is 9.57. The fourth-order valence-electron chi connectivity index (χ4n) is 9.57. The Morgan fingerprint density at radius 2 is 0.942 bits per heavy atom. The predicted molar refractivity (Wildman–Crippen MR) is 214 cm³/mol. The van der Waals surface area contributed by atoms with E-state index in [0.29, 0.717) is 0 Å². The van der Waals surface area contributed by atoms with Crippen LogP contribution in [0.15, 0.2) is 180 Å². The third-order valence-electron chi connectivity index (χ3n) is 11.7. The molecular formula is C50H29NO. The summed E-state index contributed by atoms with van der Waals surface area (Å²) in [6.45, 7) is 0. The summed E-state index contributed by atoms with van der Waals surface area (Å²) in [7, 11) is 0. The van der Waals surface area contributed by atoms with Crippen molar-refractivity contribution in [2.24, 2.45) is 0 Å². The van der Waals surface area contributed by atoms with Crippen LogP contribution in [0.25, 0.3) is 88.3 Å². The number of aromatic nitrogens is 1. The number of pyridine rings is 1. The van der Waals surface area contributed by atoms with Gasteiger partial charge in [0, 0.05) is 32.7 Å². The molecule has 0 amide bonds. The average molecular weight is 660 g/mol. The lowest BCUT2D eigenvalue weighted by Crippen LogP contribution is -2.25. The van der Waals surface area contributed by atoms with Gasteiger partial charge in [-0.25, -0.2) is 4.98 Å². The van der Waals surface area contributed by atoms with Crippen molar-refractivity contribution in [3.8, 4) is 44.6 Å². The van der Waals surface area contributed by atoms with Crippen molar-refractivity contribution in [1.82, 2.24) is 4.98 Å². The summed E-state index contributed by atoms with van der Waals surface area (Å²) in [4.78, 5) is 5.46. The summed E-state index contributed by atoms with van der Waals surface area (Å²) < 4.78 is 6.49. The second-order valence-electron chi connectivity index (χ2n) is 14.2. The Morgan fingerprint density at radius 1 is 0.365 bits per heavy atom. The van der Waals surface area contributed by atoms with E-state index in [1.54, 1.807) is 0 Å². The van der Waals surface area contributed by atoms with Crippen molar-refractivity contribution in [3.63, 3.8) is 0 Å². The van der Waals surface area contributed by atoms with E-state index in [2.05, 4.69) is 164 Å². The van der Waals surface area contributed by atoms with Gasteiger partial charge in [0.15, 0.2) is 0 Å². The second kappa shape index (κ2) is 10.2. The molecule has 10 aromatic rings. The Hall–Kier alpha value is -6.77. The van der Waals surface area contributed by atoms with E-state index in [-0.39, 0.29) is 0 Å². The second-order valence-corrected chi connectivity index (χ2v) is 14.2. The summed E-state index contributed by atoms with van der Waals surface area (Å²) in [5.41, 5.74) is 17.2. The normalized spacial score (nSPS) is 13.5. The molecule has 52 heavy (non-hydrogen) atoms. The Bertz CT molecular complexity index is 3100. The van der Waals surface area contributed by atoms with Crippen LogP contribution in [0.1, 0.15) is 22.3 Å².